The maximum absolute atomic E-state index is 5.70. The summed E-state index contributed by atoms with van der Waals surface area (Å²) in [5.74, 6) is 1.56. The van der Waals surface area contributed by atoms with Gasteiger partial charge in [0.05, 0.1) is 12.7 Å². The Labute approximate surface area is 117 Å². The standard InChI is InChI=1S/C16H27NO2/c1-13(2)12-14(3)18-10-11-19-16-6-4-15(5-7-16)8-9-17/h4-7,13-14H,8-12,17H2,1-3H3. The lowest BCUT2D eigenvalue weighted by Crippen LogP contribution is -2.16. The van der Waals surface area contributed by atoms with E-state index in [4.69, 9.17) is 15.2 Å². The molecule has 1 rings (SSSR count). The lowest BCUT2D eigenvalue weighted by molar-refractivity contribution is 0.0331. The summed E-state index contributed by atoms with van der Waals surface area (Å²) in [5, 5.41) is 0. The normalized spacial score (nSPS) is 12.7. The Morgan fingerprint density at radius 1 is 1.05 bits per heavy atom. The first-order chi connectivity index (χ1) is 9.11. The highest BCUT2D eigenvalue weighted by molar-refractivity contribution is 5.27. The first kappa shape index (κ1) is 16.0. The van der Waals surface area contributed by atoms with Crippen molar-refractivity contribution in [1.29, 1.82) is 0 Å². The Balaban J connectivity index is 2.18. The molecule has 1 aromatic rings. The maximum atomic E-state index is 5.70. The van der Waals surface area contributed by atoms with Crippen LogP contribution in [0, 0.1) is 5.92 Å². The lowest BCUT2D eigenvalue weighted by Gasteiger charge is -2.15. The van der Waals surface area contributed by atoms with Crippen molar-refractivity contribution in [2.45, 2.75) is 39.7 Å². The van der Waals surface area contributed by atoms with Crippen molar-refractivity contribution in [3.8, 4) is 5.75 Å². The minimum Gasteiger partial charge on any atom is -0.491 e. The second-order valence-electron chi connectivity index (χ2n) is 5.34. The van der Waals surface area contributed by atoms with Gasteiger partial charge in [-0.05, 0) is 49.9 Å². The molecule has 108 valence electrons. The molecule has 0 aliphatic rings. The summed E-state index contributed by atoms with van der Waals surface area (Å²) in [4.78, 5) is 0. The average molecular weight is 265 g/mol. The molecule has 0 aliphatic carbocycles. The van der Waals surface area contributed by atoms with Gasteiger partial charge in [0.15, 0.2) is 0 Å². The zero-order valence-corrected chi connectivity index (χ0v) is 12.4. The van der Waals surface area contributed by atoms with Crippen molar-refractivity contribution in [1.82, 2.24) is 0 Å². The molecule has 19 heavy (non-hydrogen) atoms. The highest BCUT2D eigenvalue weighted by atomic mass is 16.5. The van der Waals surface area contributed by atoms with Gasteiger partial charge in [0, 0.05) is 0 Å². The molecule has 0 heterocycles. The van der Waals surface area contributed by atoms with Gasteiger partial charge in [-0.1, -0.05) is 26.0 Å². The highest BCUT2D eigenvalue weighted by Gasteiger charge is 2.04. The van der Waals surface area contributed by atoms with Gasteiger partial charge in [-0.15, -0.1) is 0 Å². The Morgan fingerprint density at radius 2 is 1.74 bits per heavy atom. The van der Waals surface area contributed by atoms with Gasteiger partial charge in [0.25, 0.3) is 0 Å². The van der Waals surface area contributed by atoms with Crippen LogP contribution in [0.3, 0.4) is 0 Å². The zero-order valence-electron chi connectivity index (χ0n) is 12.4. The van der Waals surface area contributed by atoms with E-state index >= 15 is 0 Å². The fourth-order valence-electron chi connectivity index (χ4n) is 2.06. The van der Waals surface area contributed by atoms with E-state index < -0.39 is 0 Å². The fraction of sp³-hybridized carbons (Fsp3) is 0.625. The molecule has 0 radical (unpaired) electrons. The van der Waals surface area contributed by atoms with Crippen molar-refractivity contribution >= 4 is 0 Å². The molecule has 0 saturated heterocycles. The number of hydrogen-bond donors (Lipinski definition) is 1. The zero-order chi connectivity index (χ0) is 14.1. The van der Waals surface area contributed by atoms with Crippen LogP contribution in [-0.4, -0.2) is 25.9 Å². The molecular weight excluding hydrogens is 238 g/mol. The van der Waals surface area contributed by atoms with E-state index in [1.54, 1.807) is 0 Å². The molecule has 0 aromatic heterocycles. The van der Waals surface area contributed by atoms with Gasteiger partial charge in [-0.25, -0.2) is 0 Å². The molecule has 0 aliphatic heterocycles. The molecule has 1 unspecified atom stereocenters. The smallest absolute Gasteiger partial charge is 0.119 e. The second kappa shape index (κ2) is 8.94. The Bertz CT molecular complexity index is 335. The Morgan fingerprint density at radius 3 is 2.32 bits per heavy atom. The van der Waals surface area contributed by atoms with Crippen LogP contribution in [0.25, 0.3) is 0 Å². The van der Waals surface area contributed by atoms with Crippen LogP contribution in [0.2, 0.25) is 0 Å². The van der Waals surface area contributed by atoms with E-state index in [0.29, 0.717) is 31.8 Å². The molecule has 0 fully saturated rings. The number of rotatable bonds is 9. The quantitative estimate of drug-likeness (QED) is 0.698. The summed E-state index contributed by atoms with van der Waals surface area (Å²) in [7, 11) is 0. The summed E-state index contributed by atoms with van der Waals surface area (Å²) in [6, 6.07) is 8.10. The molecule has 1 atom stereocenters. The largest absolute Gasteiger partial charge is 0.491 e. The molecule has 0 spiro atoms. The summed E-state index contributed by atoms with van der Waals surface area (Å²) >= 11 is 0. The molecule has 0 saturated carbocycles. The molecule has 1 aromatic carbocycles. The third-order valence-corrected chi connectivity index (χ3v) is 2.91. The second-order valence-corrected chi connectivity index (χ2v) is 5.34. The average Bonchev–Trinajstić information content (AvgIpc) is 2.36. The summed E-state index contributed by atoms with van der Waals surface area (Å²) in [6.07, 6.45) is 2.31. The van der Waals surface area contributed by atoms with Gasteiger partial charge in [-0.3, -0.25) is 0 Å². The third-order valence-electron chi connectivity index (χ3n) is 2.91. The number of hydrogen-bond acceptors (Lipinski definition) is 3. The van der Waals surface area contributed by atoms with E-state index in [0.717, 1.165) is 18.6 Å². The van der Waals surface area contributed by atoms with Gasteiger partial charge in [0.1, 0.15) is 12.4 Å². The summed E-state index contributed by atoms with van der Waals surface area (Å²) in [5.41, 5.74) is 6.76. The number of nitrogens with two attached hydrogens (primary N) is 1. The van der Waals surface area contributed by atoms with Crippen LogP contribution in [-0.2, 0) is 11.2 Å². The molecular formula is C16H27NO2. The van der Waals surface area contributed by atoms with Gasteiger partial charge >= 0.3 is 0 Å². The van der Waals surface area contributed by atoms with Crippen LogP contribution < -0.4 is 10.5 Å². The molecule has 2 N–H and O–H groups in total. The lowest BCUT2D eigenvalue weighted by atomic mass is 10.1. The Kier molecular flexibility index (Phi) is 7.53. The third kappa shape index (κ3) is 7.19. The van der Waals surface area contributed by atoms with E-state index in [2.05, 4.69) is 32.9 Å². The minimum atomic E-state index is 0.301. The van der Waals surface area contributed by atoms with Crippen molar-refractivity contribution in [3.63, 3.8) is 0 Å². The predicted molar refractivity (Wildman–Crippen MR) is 79.6 cm³/mol. The fourth-order valence-corrected chi connectivity index (χ4v) is 2.06. The van der Waals surface area contributed by atoms with Crippen LogP contribution >= 0.6 is 0 Å². The Hall–Kier alpha value is -1.06. The molecule has 3 nitrogen and oxygen atoms in total. The molecule has 0 amide bonds. The summed E-state index contributed by atoms with van der Waals surface area (Å²) in [6.45, 7) is 8.44. The van der Waals surface area contributed by atoms with Crippen molar-refractivity contribution in [2.75, 3.05) is 19.8 Å². The van der Waals surface area contributed by atoms with Gasteiger partial charge in [0.2, 0.25) is 0 Å². The van der Waals surface area contributed by atoms with Crippen LogP contribution in [0.15, 0.2) is 24.3 Å². The van der Waals surface area contributed by atoms with Crippen LogP contribution in [0.1, 0.15) is 32.8 Å². The predicted octanol–water partition coefficient (Wildman–Crippen LogP) is 3.02. The molecule has 3 heteroatoms. The van der Waals surface area contributed by atoms with Gasteiger partial charge in [-0.2, -0.15) is 0 Å². The molecule has 0 bridgehead atoms. The van der Waals surface area contributed by atoms with E-state index in [9.17, 15) is 0 Å². The number of ether oxygens (including phenoxy) is 2. The van der Waals surface area contributed by atoms with Crippen molar-refractivity contribution in [3.05, 3.63) is 29.8 Å². The number of benzene rings is 1. The first-order valence-electron chi connectivity index (χ1n) is 7.15. The van der Waals surface area contributed by atoms with E-state index in [1.165, 1.54) is 5.56 Å². The topological polar surface area (TPSA) is 44.5 Å². The van der Waals surface area contributed by atoms with Gasteiger partial charge < -0.3 is 15.2 Å². The first-order valence-corrected chi connectivity index (χ1v) is 7.15. The van der Waals surface area contributed by atoms with E-state index in [1.807, 2.05) is 12.1 Å². The van der Waals surface area contributed by atoms with Crippen molar-refractivity contribution < 1.29 is 9.47 Å². The van der Waals surface area contributed by atoms with E-state index in [-0.39, 0.29) is 0 Å². The van der Waals surface area contributed by atoms with Crippen LogP contribution in [0.5, 0.6) is 5.75 Å². The summed E-state index contributed by atoms with van der Waals surface area (Å²) < 4.78 is 11.3. The minimum absolute atomic E-state index is 0.301. The van der Waals surface area contributed by atoms with Crippen LogP contribution in [0.4, 0.5) is 0 Å². The van der Waals surface area contributed by atoms with Crippen molar-refractivity contribution in [2.24, 2.45) is 11.7 Å². The highest BCUT2D eigenvalue weighted by Crippen LogP contribution is 2.12. The maximum Gasteiger partial charge on any atom is 0.119 e. The monoisotopic (exact) mass is 265 g/mol. The SMILES string of the molecule is CC(C)CC(C)OCCOc1ccc(CCN)cc1.